The number of carbonyl (C=O) groups excluding carboxylic acids is 1. The minimum Gasteiger partial charge on any atom is -0.465 e. The van der Waals surface area contributed by atoms with Crippen molar-refractivity contribution in [2.45, 2.75) is 19.4 Å². The summed E-state index contributed by atoms with van der Waals surface area (Å²) in [6.45, 7) is 0.958. The molecule has 0 saturated carbocycles. The predicted molar refractivity (Wildman–Crippen MR) is 87.6 cm³/mol. The van der Waals surface area contributed by atoms with Gasteiger partial charge in [0.2, 0.25) is 5.28 Å². The lowest BCUT2D eigenvalue weighted by Gasteiger charge is -2.14. The fourth-order valence-corrected chi connectivity index (χ4v) is 3.40. The minimum absolute atomic E-state index is 0.111. The Bertz CT molecular complexity index is 933. The lowest BCUT2D eigenvalue weighted by atomic mass is 10.0. The Balaban J connectivity index is 2.03. The van der Waals surface area contributed by atoms with Crippen LogP contribution in [0.5, 0.6) is 0 Å². The smallest absolute Gasteiger partial charge is 0.341 e. The second kappa shape index (κ2) is 5.35. The van der Waals surface area contributed by atoms with Crippen molar-refractivity contribution in [1.82, 2.24) is 14.5 Å². The van der Waals surface area contributed by atoms with E-state index in [1.165, 1.54) is 24.4 Å². The van der Waals surface area contributed by atoms with Crippen molar-refractivity contribution in [3.05, 3.63) is 47.0 Å². The molecule has 3 heterocycles. The summed E-state index contributed by atoms with van der Waals surface area (Å²) in [5, 5.41) is 1.18. The molecule has 0 aliphatic carbocycles. The Morgan fingerprint density at radius 2 is 2.26 bits per heavy atom. The molecule has 1 aromatic carbocycles. The first-order valence-corrected chi connectivity index (χ1v) is 7.79. The lowest BCUT2D eigenvalue weighted by Crippen LogP contribution is -2.06. The van der Waals surface area contributed by atoms with Crippen LogP contribution in [0, 0.1) is 0 Å². The van der Waals surface area contributed by atoms with Crippen LogP contribution in [-0.2, 0) is 17.7 Å². The molecular weight excluding hydrogens is 314 g/mol. The highest BCUT2D eigenvalue weighted by Crippen LogP contribution is 2.36. The molecular formula is C17H14ClN3O2. The van der Waals surface area contributed by atoms with Gasteiger partial charge in [0.25, 0.3) is 0 Å². The number of nitrogens with zero attached hydrogens (tertiary/aromatic N) is 3. The number of aromatic nitrogens is 3. The summed E-state index contributed by atoms with van der Waals surface area (Å²) >= 11 is 5.97. The molecule has 23 heavy (non-hydrogen) atoms. The van der Waals surface area contributed by atoms with Gasteiger partial charge in [-0.15, -0.1) is 0 Å². The third-order valence-corrected chi connectivity index (χ3v) is 4.43. The van der Waals surface area contributed by atoms with E-state index < -0.39 is 5.97 Å². The molecule has 3 aromatic rings. The second-order valence-corrected chi connectivity index (χ2v) is 5.88. The number of carbonyl (C=O) groups is 1. The molecule has 0 amide bonds. The SMILES string of the molecule is COC(=O)c1cnc(Cl)nc1-c1cn2c3c(cccc13)CCC2. The Morgan fingerprint density at radius 3 is 3.09 bits per heavy atom. The number of hydrogen-bond donors (Lipinski definition) is 0. The van der Waals surface area contributed by atoms with E-state index in [1.54, 1.807) is 0 Å². The highest BCUT2D eigenvalue weighted by Gasteiger charge is 2.22. The summed E-state index contributed by atoms with van der Waals surface area (Å²) in [6, 6.07) is 6.24. The largest absolute Gasteiger partial charge is 0.465 e. The average Bonchev–Trinajstić information content (AvgIpc) is 2.95. The van der Waals surface area contributed by atoms with E-state index in [1.807, 2.05) is 18.3 Å². The van der Waals surface area contributed by atoms with Crippen LogP contribution in [0.25, 0.3) is 22.2 Å². The van der Waals surface area contributed by atoms with Crippen molar-refractivity contribution in [2.24, 2.45) is 0 Å². The standard InChI is InChI=1S/C17H14ClN3O2/c1-23-16(22)12-8-19-17(18)20-14(12)13-9-21-7-3-5-10-4-2-6-11(13)15(10)21/h2,4,6,8-9H,3,5,7H2,1H3. The maximum absolute atomic E-state index is 12.1. The zero-order valence-corrected chi connectivity index (χ0v) is 13.3. The zero-order chi connectivity index (χ0) is 16.0. The number of hydrogen-bond acceptors (Lipinski definition) is 4. The highest BCUT2D eigenvalue weighted by molar-refractivity contribution is 6.28. The molecule has 1 aliphatic heterocycles. The highest BCUT2D eigenvalue weighted by atomic mass is 35.5. The molecule has 5 nitrogen and oxygen atoms in total. The quantitative estimate of drug-likeness (QED) is 0.534. The molecule has 6 heteroatoms. The molecule has 0 fully saturated rings. The molecule has 0 N–H and O–H groups in total. The number of methoxy groups -OCH3 is 1. The number of rotatable bonds is 2. The number of esters is 1. The maximum atomic E-state index is 12.1. The Kier molecular flexibility index (Phi) is 3.31. The third kappa shape index (κ3) is 2.19. The van der Waals surface area contributed by atoms with Gasteiger partial charge < -0.3 is 9.30 Å². The van der Waals surface area contributed by atoms with Crippen LogP contribution in [0.15, 0.2) is 30.6 Å². The van der Waals surface area contributed by atoms with Gasteiger partial charge in [-0.05, 0) is 30.0 Å². The normalized spacial score (nSPS) is 13.3. The summed E-state index contributed by atoms with van der Waals surface area (Å²) in [5.41, 5.74) is 4.24. The number of para-hydroxylation sites is 1. The zero-order valence-electron chi connectivity index (χ0n) is 12.5. The fraction of sp³-hybridized carbons (Fsp3) is 0.235. The Morgan fingerprint density at radius 1 is 1.39 bits per heavy atom. The van der Waals surface area contributed by atoms with Gasteiger partial charge in [0.05, 0.1) is 18.3 Å². The minimum atomic E-state index is -0.469. The summed E-state index contributed by atoms with van der Waals surface area (Å²) in [5.74, 6) is -0.469. The first-order chi connectivity index (χ1) is 11.2. The number of benzene rings is 1. The van der Waals surface area contributed by atoms with Crippen molar-refractivity contribution in [2.75, 3.05) is 7.11 Å². The van der Waals surface area contributed by atoms with Crippen molar-refractivity contribution in [1.29, 1.82) is 0 Å². The summed E-state index contributed by atoms with van der Waals surface area (Å²) in [6.07, 6.45) is 5.63. The number of halogens is 1. The fourth-order valence-electron chi connectivity index (χ4n) is 3.27. The number of aryl methyl sites for hydroxylation is 2. The van der Waals surface area contributed by atoms with E-state index in [-0.39, 0.29) is 5.28 Å². The van der Waals surface area contributed by atoms with E-state index in [0.717, 1.165) is 30.3 Å². The Labute approximate surface area is 137 Å². The second-order valence-electron chi connectivity index (χ2n) is 5.55. The van der Waals surface area contributed by atoms with E-state index in [2.05, 4.69) is 20.6 Å². The van der Waals surface area contributed by atoms with Crippen LogP contribution in [-0.4, -0.2) is 27.6 Å². The first-order valence-electron chi connectivity index (χ1n) is 7.41. The van der Waals surface area contributed by atoms with Crippen molar-refractivity contribution in [3.63, 3.8) is 0 Å². The van der Waals surface area contributed by atoms with E-state index in [0.29, 0.717) is 11.3 Å². The van der Waals surface area contributed by atoms with Gasteiger partial charge in [0.1, 0.15) is 5.56 Å². The molecule has 0 spiro atoms. The summed E-state index contributed by atoms with van der Waals surface area (Å²) < 4.78 is 7.07. The van der Waals surface area contributed by atoms with Crippen molar-refractivity contribution >= 4 is 28.5 Å². The van der Waals surface area contributed by atoms with Crippen LogP contribution in [0.3, 0.4) is 0 Å². The third-order valence-electron chi connectivity index (χ3n) is 4.25. The van der Waals surface area contributed by atoms with E-state index in [9.17, 15) is 4.79 Å². The monoisotopic (exact) mass is 327 g/mol. The van der Waals surface area contributed by atoms with Gasteiger partial charge in [-0.2, -0.15) is 0 Å². The molecule has 1 aliphatic rings. The van der Waals surface area contributed by atoms with Gasteiger partial charge in [-0.1, -0.05) is 18.2 Å². The molecule has 0 radical (unpaired) electrons. The van der Waals surface area contributed by atoms with Crippen LogP contribution >= 0.6 is 11.6 Å². The number of ether oxygens (including phenoxy) is 1. The Hall–Kier alpha value is -2.40. The summed E-state index contributed by atoms with van der Waals surface area (Å²) in [7, 11) is 1.34. The van der Waals surface area contributed by atoms with E-state index >= 15 is 0 Å². The maximum Gasteiger partial charge on any atom is 0.341 e. The molecule has 2 aromatic heterocycles. The summed E-state index contributed by atoms with van der Waals surface area (Å²) in [4.78, 5) is 20.3. The van der Waals surface area contributed by atoms with Gasteiger partial charge >= 0.3 is 5.97 Å². The topological polar surface area (TPSA) is 57.0 Å². The van der Waals surface area contributed by atoms with Crippen molar-refractivity contribution in [3.8, 4) is 11.3 Å². The van der Waals surface area contributed by atoms with Crippen LogP contribution in [0.2, 0.25) is 5.28 Å². The average molecular weight is 328 g/mol. The molecule has 116 valence electrons. The molecule has 4 rings (SSSR count). The molecule has 0 bridgehead atoms. The van der Waals surface area contributed by atoms with Crippen LogP contribution in [0.1, 0.15) is 22.3 Å². The van der Waals surface area contributed by atoms with Crippen LogP contribution < -0.4 is 0 Å². The first kappa shape index (κ1) is 14.2. The van der Waals surface area contributed by atoms with E-state index in [4.69, 9.17) is 16.3 Å². The van der Waals surface area contributed by atoms with Gasteiger partial charge in [0, 0.05) is 29.9 Å². The van der Waals surface area contributed by atoms with Crippen LogP contribution in [0.4, 0.5) is 0 Å². The van der Waals surface area contributed by atoms with Gasteiger partial charge in [-0.3, -0.25) is 0 Å². The van der Waals surface area contributed by atoms with Crippen molar-refractivity contribution < 1.29 is 9.53 Å². The predicted octanol–water partition coefficient (Wildman–Crippen LogP) is 3.48. The molecule has 0 saturated heterocycles. The lowest BCUT2D eigenvalue weighted by molar-refractivity contribution is 0.0600. The molecule has 0 atom stereocenters. The van der Waals surface area contributed by atoms with Gasteiger partial charge in [0.15, 0.2) is 0 Å². The molecule has 0 unspecified atom stereocenters. The van der Waals surface area contributed by atoms with Gasteiger partial charge in [-0.25, -0.2) is 14.8 Å².